The van der Waals surface area contributed by atoms with Gasteiger partial charge in [0.2, 0.25) is 0 Å². The van der Waals surface area contributed by atoms with Crippen molar-refractivity contribution in [3.8, 4) is 5.75 Å². The number of carbonyl (C=O) groups excluding carboxylic acids is 1. The lowest BCUT2D eigenvalue weighted by Crippen LogP contribution is -2.30. The number of benzene rings is 1. The number of primary amides is 1. The highest BCUT2D eigenvalue weighted by Crippen LogP contribution is 2.19. The molecule has 0 aliphatic heterocycles. The van der Waals surface area contributed by atoms with E-state index < -0.39 is 23.8 Å². The molecule has 0 spiro atoms. The average molecular weight is 227 g/mol. The largest absolute Gasteiger partial charge is 0.478 e. The van der Waals surface area contributed by atoms with Crippen molar-refractivity contribution in [2.45, 2.75) is 13.0 Å². The number of hydrogen-bond donors (Lipinski definition) is 2. The molecule has 0 aliphatic carbocycles. The number of hydrogen-bond acceptors (Lipinski definition) is 3. The van der Waals surface area contributed by atoms with Gasteiger partial charge < -0.3 is 15.6 Å². The first-order valence-corrected chi connectivity index (χ1v) is 4.40. The van der Waals surface area contributed by atoms with E-state index in [-0.39, 0.29) is 11.3 Å². The molecule has 6 heteroatoms. The molecule has 1 rings (SSSR count). The number of ether oxygens (including phenoxy) is 1. The molecule has 0 bridgehead atoms. The number of amides is 1. The standard InChI is InChI=1S/C10H10FNO4/c1-5(9(12)13)16-8-3-2-6(10(14)15)4-7(8)11/h2-5H,1H3,(H2,12,13)(H,14,15). The highest BCUT2D eigenvalue weighted by molar-refractivity contribution is 5.87. The molecule has 0 saturated carbocycles. The first-order valence-electron chi connectivity index (χ1n) is 4.40. The summed E-state index contributed by atoms with van der Waals surface area (Å²) in [7, 11) is 0. The predicted octanol–water partition coefficient (Wildman–Crippen LogP) is 0.776. The van der Waals surface area contributed by atoms with Crippen molar-refractivity contribution < 1.29 is 23.8 Å². The van der Waals surface area contributed by atoms with E-state index in [0.717, 1.165) is 12.1 Å². The number of carbonyl (C=O) groups is 2. The van der Waals surface area contributed by atoms with Gasteiger partial charge in [0.15, 0.2) is 17.7 Å². The molecule has 0 radical (unpaired) electrons. The van der Waals surface area contributed by atoms with Gasteiger partial charge in [-0.1, -0.05) is 0 Å². The molecule has 1 aromatic rings. The SMILES string of the molecule is CC(Oc1ccc(C(=O)O)cc1F)C(N)=O. The van der Waals surface area contributed by atoms with Crippen molar-refractivity contribution in [2.75, 3.05) is 0 Å². The zero-order chi connectivity index (χ0) is 12.3. The monoisotopic (exact) mass is 227 g/mol. The van der Waals surface area contributed by atoms with E-state index in [1.165, 1.54) is 13.0 Å². The Morgan fingerprint density at radius 3 is 2.56 bits per heavy atom. The second kappa shape index (κ2) is 4.61. The van der Waals surface area contributed by atoms with Gasteiger partial charge in [-0.25, -0.2) is 9.18 Å². The minimum atomic E-state index is -1.24. The second-order valence-corrected chi connectivity index (χ2v) is 3.11. The molecule has 16 heavy (non-hydrogen) atoms. The number of carboxylic acids is 1. The van der Waals surface area contributed by atoms with Crippen LogP contribution in [0.1, 0.15) is 17.3 Å². The number of nitrogens with two attached hydrogens (primary N) is 1. The van der Waals surface area contributed by atoms with Gasteiger partial charge in [-0.2, -0.15) is 0 Å². The zero-order valence-corrected chi connectivity index (χ0v) is 8.44. The summed E-state index contributed by atoms with van der Waals surface area (Å²) in [5.74, 6) is -3.04. The van der Waals surface area contributed by atoms with Crippen molar-refractivity contribution >= 4 is 11.9 Å². The number of rotatable bonds is 4. The highest BCUT2D eigenvalue weighted by Gasteiger charge is 2.14. The molecule has 3 N–H and O–H groups in total. The van der Waals surface area contributed by atoms with Crippen LogP contribution in [0.4, 0.5) is 4.39 Å². The van der Waals surface area contributed by atoms with E-state index in [9.17, 15) is 14.0 Å². The van der Waals surface area contributed by atoms with Crippen LogP contribution in [0.25, 0.3) is 0 Å². The van der Waals surface area contributed by atoms with Gasteiger partial charge in [0.25, 0.3) is 5.91 Å². The Balaban J connectivity index is 2.91. The summed E-state index contributed by atoms with van der Waals surface area (Å²) in [6.45, 7) is 1.37. The Labute approximate surface area is 90.6 Å². The van der Waals surface area contributed by atoms with Crippen molar-refractivity contribution in [3.63, 3.8) is 0 Å². The summed E-state index contributed by atoms with van der Waals surface area (Å²) in [4.78, 5) is 21.2. The highest BCUT2D eigenvalue weighted by atomic mass is 19.1. The molecular weight excluding hydrogens is 217 g/mol. The van der Waals surface area contributed by atoms with Crippen LogP contribution < -0.4 is 10.5 Å². The normalized spacial score (nSPS) is 11.9. The van der Waals surface area contributed by atoms with Crippen LogP contribution in [0.5, 0.6) is 5.75 Å². The first-order chi connectivity index (χ1) is 7.41. The smallest absolute Gasteiger partial charge is 0.335 e. The average Bonchev–Trinajstić information content (AvgIpc) is 2.20. The summed E-state index contributed by atoms with van der Waals surface area (Å²) in [6, 6.07) is 3.12. The molecule has 86 valence electrons. The van der Waals surface area contributed by atoms with Crippen molar-refractivity contribution in [2.24, 2.45) is 5.73 Å². The number of carboxylic acid groups (broad SMARTS) is 1. The van der Waals surface area contributed by atoms with E-state index in [0.29, 0.717) is 0 Å². The van der Waals surface area contributed by atoms with Crippen molar-refractivity contribution in [1.29, 1.82) is 0 Å². The fourth-order valence-corrected chi connectivity index (χ4v) is 0.978. The third-order valence-electron chi connectivity index (χ3n) is 1.88. The summed E-state index contributed by atoms with van der Waals surface area (Å²) in [5.41, 5.74) is 4.73. The molecule has 0 fully saturated rings. The quantitative estimate of drug-likeness (QED) is 0.795. The van der Waals surface area contributed by atoms with Crippen LogP contribution in [0.3, 0.4) is 0 Å². The van der Waals surface area contributed by atoms with Crippen molar-refractivity contribution in [1.82, 2.24) is 0 Å². The van der Waals surface area contributed by atoms with Crippen LogP contribution in [0.15, 0.2) is 18.2 Å². The van der Waals surface area contributed by atoms with Crippen LogP contribution >= 0.6 is 0 Å². The molecule has 1 atom stereocenters. The third kappa shape index (κ3) is 2.69. The molecule has 0 heterocycles. The predicted molar refractivity (Wildman–Crippen MR) is 52.6 cm³/mol. The molecule has 1 amide bonds. The molecule has 0 saturated heterocycles. The van der Waals surface area contributed by atoms with Gasteiger partial charge >= 0.3 is 5.97 Å². The maximum absolute atomic E-state index is 13.3. The zero-order valence-electron chi connectivity index (χ0n) is 8.44. The maximum Gasteiger partial charge on any atom is 0.335 e. The second-order valence-electron chi connectivity index (χ2n) is 3.11. The Bertz CT molecular complexity index is 433. The van der Waals surface area contributed by atoms with Gasteiger partial charge in [-0.05, 0) is 25.1 Å². The Kier molecular flexibility index (Phi) is 3.44. The van der Waals surface area contributed by atoms with Crippen LogP contribution in [0.2, 0.25) is 0 Å². The summed E-state index contributed by atoms with van der Waals surface area (Å²) < 4.78 is 18.2. The third-order valence-corrected chi connectivity index (χ3v) is 1.88. The van der Waals surface area contributed by atoms with Crippen LogP contribution in [-0.4, -0.2) is 23.1 Å². The lowest BCUT2D eigenvalue weighted by Gasteiger charge is -2.11. The maximum atomic E-state index is 13.3. The van der Waals surface area contributed by atoms with Crippen molar-refractivity contribution in [3.05, 3.63) is 29.6 Å². The van der Waals surface area contributed by atoms with Crippen LogP contribution in [-0.2, 0) is 4.79 Å². The lowest BCUT2D eigenvalue weighted by atomic mass is 10.2. The molecule has 0 aromatic heterocycles. The Morgan fingerprint density at radius 2 is 2.12 bits per heavy atom. The summed E-state index contributed by atoms with van der Waals surface area (Å²) in [6.07, 6.45) is -0.981. The minimum Gasteiger partial charge on any atom is -0.478 e. The molecule has 1 aromatic carbocycles. The Hall–Kier alpha value is -2.11. The van der Waals surface area contributed by atoms with Gasteiger partial charge in [-0.3, -0.25) is 4.79 Å². The topological polar surface area (TPSA) is 89.6 Å². The Morgan fingerprint density at radius 1 is 1.50 bits per heavy atom. The van der Waals surface area contributed by atoms with E-state index >= 15 is 0 Å². The van der Waals surface area contributed by atoms with Gasteiger partial charge in [0.1, 0.15) is 0 Å². The molecule has 1 unspecified atom stereocenters. The van der Waals surface area contributed by atoms with Gasteiger partial charge in [0, 0.05) is 0 Å². The first kappa shape index (κ1) is 12.0. The van der Waals surface area contributed by atoms with E-state index in [1.54, 1.807) is 0 Å². The molecule has 0 aliphatic rings. The molecule has 5 nitrogen and oxygen atoms in total. The minimum absolute atomic E-state index is 0.198. The van der Waals surface area contributed by atoms with Crippen LogP contribution in [0, 0.1) is 5.82 Å². The fourth-order valence-electron chi connectivity index (χ4n) is 0.978. The number of halogens is 1. The van der Waals surface area contributed by atoms with Gasteiger partial charge in [-0.15, -0.1) is 0 Å². The van der Waals surface area contributed by atoms with E-state index in [4.69, 9.17) is 15.6 Å². The fraction of sp³-hybridized carbons (Fsp3) is 0.200. The lowest BCUT2D eigenvalue weighted by molar-refractivity contribution is -0.124. The molecular formula is C10H10FNO4. The van der Waals surface area contributed by atoms with Gasteiger partial charge in [0.05, 0.1) is 5.56 Å². The van der Waals surface area contributed by atoms with E-state index in [1.807, 2.05) is 0 Å². The number of aromatic carboxylic acids is 1. The summed E-state index contributed by atoms with van der Waals surface area (Å²) in [5, 5.41) is 8.59. The van der Waals surface area contributed by atoms with E-state index in [2.05, 4.69) is 0 Å². The summed E-state index contributed by atoms with van der Waals surface area (Å²) >= 11 is 0.